The highest BCUT2D eigenvalue weighted by Crippen LogP contribution is 2.35. The Balaban J connectivity index is 1.36. The number of hydrogen-bond acceptors (Lipinski definition) is 4. The lowest BCUT2D eigenvalue weighted by Gasteiger charge is -2.10. The first-order valence-corrected chi connectivity index (χ1v) is 8.37. The number of amides is 1. The molecular formula is C18H20N4O2. The van der Waals surface area contributed by atoms with Crippen molar-refractivity contribution in [1.29, 1.82) is 0 Å². The van der Waals surface area contributed by atoms with Crippen LogP contribution in [0.1, 0.15) is 43.3 Å². The van der Waals surface area contributed by atoms with Gasteiger partial charge in [0.25, 0.3) is 0 Å². The van der Waals surface area contributed by atoms with Gasteiger partial charge in [-0.15, -0.1) is 10.2 Å². The molecule has 24 heavy (non-hydrogen) atoms. The van der Waals surface area contributed by atoms with E-state index in [1.807, 2.05) is 37.3 Å². The second-order valence-corrected chi connectivity index (χ2v) is 6.33. The van der Waals surface area contributed by atoms with E-state index in [4.69, 9.17) is 4.42 Å². The van der Waals surface area contributed by atoms with Crippen molar-refractivity contribution in [3.8, 4) is 0 Å². The molecule has 0 spiro atoms. The summed E-state index contributed by atoms with van der Waals surface area (Å²) in [6.45, 7) is 2.41. The molecule has 1 aromatic carbocycles. The molecule has 6 nitrogen and oxygen atoms in total. The summed E-state index contributed by atoms with van der Waals surface area (Å²) in [6.07, 6.45) is 4.86. The van der Waals surface area contributed by atoms with Gasteiger partial charge in [-0.25, -0.2) is 0 Å². The van der Waals surface area contributed by atoms with Gasteiger partial charge in [-0.1, -0.05) is 18.2 Å². The van der Waals surface area contributed by atoms with E-state index in [1.165, 1.54) is 12.8 Å². The van der Waals surface area contributed by atoms with E-state index in [2.05, 4.69) is 20.1 Å². The molecule has 0 aliphatic heterocycles. The minimum atomic E-state index is -0.321. The predicted molar refractivity (Wildman–Crippen MR) is 89.6 cm³/mol. The number of fused-ring (bicyclic) bond motifs is 1. The van der Waals surface area contributed by atoms with E-state index in [0.29, 0.717) is 24.8 Å². The van der Waals surface area contributed by atoms with Gasteiger partial charge in [0.2, 0.25) is 5.91 Å². The van der Waals surface area contributed by atoms with E-state index >= 15 is 0 Å². The summed E-state index contributed by atoms with van der Waals surface area (Å²) in [7, 11) is 0. The molecule has 1 aliphatic carbocycles. The van der Waals surface area contributed by atoms with Crippen molar-refractivity contribution in [3.63, 3.8) is 0 Å². The number of benzene rings is 1. The summed E-state index contributed by atoms with van der Waals surface area (Å²) in [6, 6.07) is 10.3. The molecule has 1 N–H and O–H groups in total. The highest BCUT2D eigenvalue weighted by Gasteiger charge is 2.26. The number of rotatable bonds is 6. The van der Waals surface area contributed by atoms with Gasteiger partial charge in [0, 0.05) is 24.4 Å². The number of carbonyl (C=O) groups is 1. The van der Waals surface area contributed by atoms with Gasteiger partial charge in [0.05, 0.1) is 5.92 Å². The molecule has 1 saturated carbocycles. The number of nitrogens with one attached hydrogen (secondary N) is 1. The van der Waals surface area contributed by atoms with Gasteiger partial charge >= 0.3 is 0 Å². The maximum atomic E-state index is 12.4. The monoisotopic (exact) mass is 324 g/mol. The summed E-state index contributed by atoms with van der Waals surface area (Å²) in [5.41, 5.74) is 0.810. The lowest BCUT2D eigenvalue weighted by atomic mass is 10.1. The Morgan fingerprint density at radius 2 is 2.25 bits per heavy atom. The molecule has 1 fully saturated rings. The third-order valence-electron chi connectivity index (χ3n) is 4.50. The molecule has 1 aliphatic rings. The van der Waals surface area contributed by atoms with Crippen molar-refractivity contribution in [1.82, 2.24) is 20.1 Å². The topological polar surface area (TPSA) is 73.0 Å². The zero-order valence-corrected chi connectivity index (χ0v) is 13.6. The summed E-state index contributed by atoms with van der Waals surface area (Å²) < 4.78 is 7.89. The van der Waals surface area contributed by atoms with Crippen LogP contribution >= 0.6 is 0 Å². The van der Waals surface area contributed by atoms with Gasteiger partial charge in [-0.3, -0.25) is 4.79 Å². The molecule has 0 saturated heterocycles. The predicted octanol–water partition coefficient (Wildman–Crippen LogP) is 2.82. The molecule has 1 atom stereocenters. The van der Waals surface area contributed by atoms with Crippen molar-refractivity contribution >= 4 is 16.9 Å². The number of carbonyl (C=O) groups excluding carboxylic acids is 1. The van der Waals surface area contributed by atoms with Gasteiger partial charge in [-0.05, 0) is 31.9 Å². The molecule has 3 aromatic rings. The summed E-state index contributed by atoms with van der Waals surface area (Å²) in [5, 5.41) is 12.1. The van der Waals surface area contributed by atoms with Gasteiger partial charge in [0.15, 0.2) is 0 Å². The van der Waals surface area contributed by atoms with Crippen molar-refractivity contribution in [2.45, 2.75) is 38.1 Å². The quantitative estimate of drug-likeness (QED) is 0.757. The molecule has 2 heterocycles. The van der Waals surface area contributed by atoms with Crippen molar-refractivity contribution in [3.05, 3.63) is 48.2 Å². The van der Waals surface area contributed by atoms with Crippen molar-refractivity contribution in [2.24, 2.45) is 0 Å². The SMILES string of the molecule is C[C@H](C(=O)NCCc1nncn1C1CC1)c1cc2ccccc2o1. The van der Waals surface area contributed by atoms with Crippen LogP contribution in [0.25, 0.3) is 11.0 Å². The number of nitrogens with zero attached hydrogens (tertiary/aromatic N) is 3. The van der Waals surface area contributed by atoms with Crippen LogP contribution in [0.2, 0.25) is 0 Å². The highest BCUT2D eigenvalue weighted by molar-refractivity contribution is 5.85. The Hall–Kier alpha value is -2.63. The molecule has 2 aromatic heterocycles. The Bertz CT molecular complexity index is 830. The molecule has 1 amide bonds. The van der Waals surface area contributed by atoms with E-state index in [0.717, 1.165) is 16.8 Å². The van der Waals surface area contributed by atoms with Crippen molar-refractivity contribution < 1.29 is 9.21 Å². The minimum Gasteiger partial charge on any atom is -0.460 e. The fourth-order valence-electron chi connectivity index (χ4n) is 2.90. The lowest BCUT2D eigenvalue weighted by Crippen LogP contribution is -2.30. The normalized spacial score (nSPS) is 15.5. The second kappa shape index (κ2) is 6.11. The Kier molecular flexibility index (Phi) is 3.80. The van der Waals surface area contributed by atoms with E-state index in [-0.39, 0.29) is 11.8 Å². The Morgan fingerprint density at radius 3 is 3.04 bits per heavy atom. The number of hydrogen-bond donors (Lipinski definition) is 1. The number of aromatic nitrogens is 3. The van der Waals surface area contributed by atoms with Crippen LogP contribution in [-0.2, 0) is 11.2 Å². The Labute approximate surface area is 139 Å². The van der Waals surface area contributed by atoms with E-state index in [9.17, 15) is 4.79 Å². The van der Waals surface area contributed by atoms with E-state index < -0.39 is 0 Å². The molecular weight excluding hydrogens is 304 g/mol. The molecule has 6 heteroatoms. The molecule has 124 valence electrons. The first-order chi connectivity index (χ1) is 11.7. The van der Waals surface area contributed by atoms with Crippen molar-refractivity contribution in [2.75, 3.05) is 6.54 Å². The zero-order valence-electron chi connectivity index (χ0n) is 13.6. The fourth-order valence-corrected chi connectivity index (χ4v) is 2.90. The average molecular weight is 324 g/mol. The average Bonchev–Trinajstić information content (AvgIpc) is 3.17. The number of furan rings is 1. The summed E-state index contributed by atoms with van der Waals surface area (Å²) in [5.74, 6) is 1.27. The molecule has 0 radical (unpaired) electrons. The molecule has 0 bridgehead atoms. The third-order valence-corrected chi connectivity index (χ3v) is 4.50. The maximum Gasteiger partial charge on any atom is 0.230 e. The summed E-state index contributed by atoms with van der Waals surface area (Å²) >= 11 is 0. The number of para-hydroxylation sites is 1. The second-order valence-electron chi connectivity index (χ2n) is 6.33. The largest absolute Gasteiger partial charge is 0.460 e. The maximum absolute atomic E-state index is 12.4. The van der Waals surface area contributed by atoms with Gasteiger partial charge < -0.3 is 14.3 Å². The zero-order chi connectivity index (χ0) is 16.5. The van der Waals surface area contributed by atoms with Crippen LogP contribution < -0.4 is 5.32 Å². The van der Waals surface area contributed by atoms with Crippen LogP contribution in [0.4, 0.5) is 0 Å². The molecule has 4 rings (SSSR count). The molecule has 0 unspecified atom stereocenters. The highest BCUT2D eigenvalue weighted by atomic mass is 16.3. The van der Waals surface area contributed by atoms with Crippen LogP contribution in [0.5, 0.6) is 0 Å². The standard InChI is InChI=1S/C18H20N4O2/c1-12(16-10-13-4-2-3-5-15(13)24-16)18(23)19-9-8-17-21-20-11-22(17)14-6-7-14/h2-5,10-12,14H,6-9H2,1H3,(H,19,23)/t12-/m0/s1. The van der Waals surface area contributed by atoms with Gasteiger partial charge in [-0.2, -0.15) is 0 Å². The van der Waals surface area contributed by atoms with Crippen LogP contribution in [0.3, 0.4) is 0 Å². The third kappa shape index (κ3) is 2.91. The van der Waals surface area contributed by atoms with E-state index in [1.54, 1.807) is 6.33 Å². The first kappa shape index (κ1) is 14.9. The first-order valence-electron chi connectivity index (χ1n) is 8.37. The Morgan fingerprint density at radius 1 is 1.42 bits per heavy atom. The fraction of sp³-hybridized carbons (Fsp3) is 0.389. The lowest BCUT2D eigenvalue weighted by molar-refractivity contribution is -0.122. The van der Waals surface area contributed by atoms with Crippen LogP contribution in [0.15, 0.2) is 41.1 Å². The summed E-state index contributed by atoms with van der Waals surface area (Å²) in [4.78, 5) is 12.4. The van der Waals surface area contributed by atoms with Crippen LogP contribution in [0, 0.1) is 0 Å². The van der Waals surface area contributed by atoms with Gasteiger partial charge in [0.1, 0.15) is 23.5 Å². The smallest absolute Gasteiger partial charge is 0.230 e. The minimum absolute atomic E-state index is 0.0356. The van der Waals surface area contributed by atoms with Crippen LogP contribution in [-0.4, -0.2) is 27.2 Å².